The number of esters is 1. The molecular weight excluding hydrogens is 202 g/mol. The summed E-state index contributed by atoms with van der Waals surface area (Å²) in [6.07, 6.45) is 1.85. The third kappa shape index (κ3) is 2.51. The van der Waals surface area contributed by atoms with Crippen LogP contribution in [0.25, 0.3) is 11.3 Å². The average Bonchev–Trinajstić information content (AvgIpc) is 2.76. The molecule has 0 spiro atoms. The molecule has 0 amide bonds. The van der Waals surface area contributed by atoms with Crippen LogP contribution in [0.4, 0.5) is 0 Å². The summed E-state index contributed by atoms with van der Waals surface area (Å²) in [7, 11) is 0. The maximum absolute atomic E-state index is 10.7. The van der Waals surface area contributed by atoms with E-state index in [1.807, 2.05) is 42.6 Å². The first kappa shape index (κ1) is 10.5. The summed E-state index contributed by atoms with van der Waals surface area (Å²) in [6.45, 7) is 1.73. The monoisotopic (exact) mass is 215 g/mol. The molecule has 16 heavy (non-hydrogen) atoms. The van der Waals surface area contributed by atoms with Crippen LogP contribution in [0, 0.1) is 0 Å². The molecule has 3 nitrogen and oxygen atoms in total. The molecule has 0 unspecified atom stereocenters. The van der Waals surface area contributed by atoms with Gasteiger partial charge < -0.3 is 9.72 Å². The molecule has 1 N–H and O–H groups in total. The van der Waals surface area contributed by atoms with Gasteiger partial charge in [0, 0.05) is 24.4 Å². The summed E-state index contributed by atoms with van der Waals surface area (Å²) < 4.78 is 4.92. The van der Waals surface area contributed by atoms with Crippen molar-refractivity contribution in [2.24, 2.45) is 0 Å². The van der Waals surface area contributed by atoms with Gasteiger partial charge in [-0.05, 0) is 11.6 Å². The zero-order valence-corrected chi connectivity index (χ0v) is 9.07. The molecule has 82 valence electrons. The number of rotatable bonds is 3. The average molecular weight is 215 g/mol. The molecular formula is C13H13NO2. The SMILES string of the molecule is CC(=O)OCc1c[nH]c(-c2ccccc2)c1. The van der Waals surface area contributed by atoms with E-state index in [0.29, 0.717) is 6.61 Å². The van der Waals surface area contributed by atoms with E-state index in [-0.39, 0.29) is 5.97 Å². The molecule has 0 fully saturated rings. The van der Waals surface area contributed by atoms with Crippen molar-refractivity contribution < 1.29 is 9.53 Å². The highest BCUT2D eigenvalue weighted by Crippen LogP contribution is 2.18. The van der Waals surface area contributed by atoms with Crippen molar-refractivity contribution in [1.82, 2.24) is 4.98 Å². The summed E-state index contributed by atoms with van der Waals surface area (Å²) in [5.41, 5.74) is 3.12. The molecule has 0 atom stereocenters. The Kier molecular flexibility index (Phi) is 3.05. The van der Waals surface area contributed by atoms with E-state index in [1.165, 1.54) is 6.92 Å². The zero-order chi connectivity index (χ0) is 11.4. The van der Waals surface area contributed by atoms with Gasteiger partial charge in [-0.2, -0.15) is 0 Å². The fraction of sp³-hybridized carbons (Fsp3) is 0.154. The van der Waals surface area contributed by atoms with Gasteiger partial charge in [-0.15, -0.1) is 0 Å². The van der Waals surface area contributed by atoms with E-state index in [0.717, 1.165) is 16.8 Å². The Hall–Kier alpha value is -2.03. The molecule has 0 saturated heterocycles. The van der Waals surface area contributed by atoms with Gasteiger partial charge in [0.25, 0.3) is 0 Å². The number of carbonyl (C=O) groups is 1. The third-order valence-electron chi connectivity index (χ3n) is 2.27. The largest absolute Gasteiger partial charge is 0.461 e. The Balaban J connectivity index is 2.11. The predicted molar refractivity (Wildman–Crippen MR) is 61.7 cm³/mol. The normalized spacial score (nSPS) is 10.1. The Labute approximate surface area is 94.1 Å². The van der Waals surface area contributed by atoms with Crippen LogP contribution in [0.3, 0.4) is 0 Å². The Morgan fingerprint density at radius 2 is 2.06 bits per heavy atom. The molecule has 2 rings (SSSR count). The van der Waals surface area contributed by atoms with Crippen molar-refractivity contribution >= 4 is 5.97 Å². The van der Waals surface area contributed by atoms with E-state index in [2.05, 4.69) is 4.98 Å². The lowest BCUT2D eigenvalue weighted by molar-refractivity contribution is -0.142. The molecule has 0 bridgehead atoms. The van der Waals surface area contributed by atoms with E-state index in [1.54, 1.807) is 0 Å². The number of aromatic amines is 1. The number of aromatic nitrogens is 1. The lowest BCUT2D eigenvalue weighted by Crippen LogP contribution is -1.97. The molecule has 0 saturated carbocycles. The highest BCUT2D eigenvalue weighted by Gasteiger charge is 2.02. The molecule has 1 heterocycles. The van der Waals surface area contributed by atoms with E-state index in [9.17, 15) is 4.79 Å². The van der Waals surface area contributed by atoms with E-state index in [4.69, 9.17) is 4.74 Å². The highest BCUT2D eigenvalue weighted by atomic mass is 16.5. The van der Waals surface area contributed by atoms with Gasteiger partial charge in [-0.1, -0.05) is 30.3 Å². The summed E-state index contributed by atoms with van der Waals surface area (Å²) in [4.78, 5) is 13.8. The molecule has 1 aromatic carbocycles. The van der Waals surface area contributed by atoms with Crippen molar-refractivity contribution in [1.29, 1.82) is 0 Å². The first-order valence-electron chi connectivity index (χ1n) is 5.12. The lowest BCUT2D eigenvalue weighted by atomic mass is 10.1. The predicted octanol–water partition coefficient (Wildman–Crippen LogP) is 2.74. The number of benzene rings is 1. The van der Waals surface area contributed by atoms with Crippen LogP contribution in [0.15, 0.2) is 42.6 Å². The quantitative estimate of drug-likeness (QED) is 0.800. The number of nitrogens with one attached hydrogen (secondary N) is 1. The van der Waals surface area contributed by atoms with Crippen LogP contribution in [-0.2, 0) is 16.1 Å². The van der Waals surface area contributed by atoms with E-state index >= 15 is 0 Å². The zero-order valence-electron chi connectivity index (χ0n) is 9.07. The molecule has 1 aromatic heterocycles. The van der Waals surface area contributed by atoms with Crippen LogP contribution in [-0.4, -0.2) is 11.0 Å². The molecule has 3 heteroatoms. The molecule has 2 aromatic rings. The maximum Gasteiger partial charge on any atom is 0.302 e. The van der Waals surface area contributed by atoms with Crippen LogP contribution >= 0.6 is 0 Å². The fourth-order valence-electron chi connectivity index (χ4n) is 1.49. The molecule has 0 aliphatic heterocycles. The first-order valence-corrected chi connectivity index (χ1v) is 5.12. The second-order valence-corrected chi connectivity index (χ2v) is 3.57. The fourth-order valence-corrected chi connectivity index (χ4v) is 1.49. The molecule has 0 radical (unpaired) electrons. The number of hydrogen-bond acceptors (Lipinski definition) is 2. The summed E-state index contributed by atoms with van der Waals surface area (Å²) >= 11 is 0. The minimum atomic E-state index is -0.262. The second-order valence-electron chi connectivity index (χ2n) is 3.57. The molecule has 0 aliphatic rings. The Bertz CT molecular complexity index is 474. The highest BCUT2D eigenvalue weighted by molar-refractivity contribution is 5.66. The van der Waals surface area contributed by atoms with Crippen molar-refractivity contribution in [3.63, 3.8) is 0 Å². The van der Waals surface area contributed by atoms with Gasteiger partial charge in [0.15, 0.2) is 0 Å². The smallest absolute Gasteiger partial charge is 0.302 e. The number of carbonyl (C=O) groups excluding carboxylic acids is 1. The minimum Gasteiger partial charge on any atom is -0.461 e. The summed E-state index contributed by atoms with van der Waals surface area (Å²) in [5, 5.41) is 0. The number of hydrogen-bond donors (Lipinski definition) is 1. The Morgan fingerprint density at radius 1 is 1.31 bits per heavy atom. The van der Waals surface area contributed by atoms with Crippen LogP contribution < -0.4 is 0 Å². The van der Waals surface area contributed by atoms with Crippen molar-refractivity contribution in [3.05, 3.63) is 48.2 Å². The van der Waals surface area contributed by atoms with Crippen LogP contribution in [0.1, 0.15) is 12.5 Å². The molecule has 0 aliphatic carbocycles. The van der Waals surface area contributed by atoms with Gasteiger partial charge in [0.2, 0.25) is 0 Å². The third-order valence-corrected chi connectivity index (χ3v) is 2.27. The standard InChI is InChI=1S/C13H13NO2/c1-10(15)16-9-11-7-13(14-8-11)12-5-3-2-4-6-12/h2-8,14H,9H2,1H3. The number of ether oxygens (including phenoxy) is 1. The minimum absolute atomic E-state index is 0.262. The lowest BCUT2D eigenvalue weighted by Gasteiger charge is -1.97. The topological polar surface area (TPSA) is 42.1 Å². The maximum atomic E-state index is 10.7. The summed E-state index contributed by atoms with van der Waals surface area (Å²) in [6, 6.07) is 12.0. The van der Waals surface area contributed by atoms with Crippen LogP contribution in [0.2, 0.25) is 0 Å². The van der Waals surface area contributed by atoms with Crippen molar-refractivity contribution in [2.75, 3.05) is 0 Å². The van der Waals surface area contributed by atoms with Gasteiger partial charge in [0.05, 0.1) is 0 Å². The van der Waals surface area contributed by atoms with Crippen molar-refractivity contribution in [3.8, 4) is 11.3 Å². The van der Waals surface area contributed by atoms with Crippen LogP contribution in [0.5, 0.6) is 0 Å². The van der Waals surface area contributed by atoms with E-state index < -0.39 is 0 Å². The summed E-state index contributed by atoms with van der Waals surface area (Å²) in [5.74, 6) is -0.262. The van der Waals surface area contributed by atoms with Gasteiger partial charge in [-0.3, -0.25) is 4.79 Å². The van der Waals surface area contributed by atoms with Gasteiger partial charge >= 0.3 is 5.97 Å². The van der Waals surface area contributed by atoms with Gasteiger partial charge in [-0.25, -0.2) is 0 Å². The number of H-pyrrole nitrogens is 1. The second kappa shape index (κ2) is 4.66. The Morgan fingerprint density at radius 3 is 2.75 bits per heavy atom. The van der Waals surface area contributed by atoms with Gasteiger partial charge in [0.1, 0.15) is 6.61 Å². The van der Waals surface area contributed by atoms with Crippen molar-refractivity contribution in [2.45, 2.75) is 13.5 Å². The first-order chi connectivity index (χ1) is 7.75.